The number of nitrogens with zero attached hydrogens (tertiary/aromatic N) is 2. The van der Waals surface area contributed by atoms with Crippen LogP contribution in [0.1, 0.15) is 19.4 Å². The molecule has 0 saturated carbocycles. The molecule has 24 heavy (non-hydrogen) atoms. The first-order chi connectivity index (χ1) is 11.3. The minimum Gasteiger partial charge on any atom is -0.477 e. The number of allylic oxidation sites excluding steroid dienone is 1. The first-order valence-electron chi connectivity index (χ1n) is 7.95. The molecule has 4 atom stereocenters. The van der Waals surface area contributed by atoms with E-state index in [0.29, 0.717) is 5.57 Å². The third kappa shape index (κ3) is 2.43. The number of aliphatic hydroxyl groups is 1. The number of β-lactam (4-membered cyclic amide) rings is 1. The predicted octanol–water partition coefficient (Wildman–Crippen LogP) is 0.720. The summed E-state index contributed by atoms with van der Waals surface area (Å²) in [7, 11) is 1.92. The van der Waals surface area contributed by atoms with Gasteiger partial charge in [0, 0.05) is 18.1 Å². The van der Waals surface area contributed by atoms with Gasteiger partial charge in [-0.1, -0.05) is 19.1 Å². The number of carboxylic acid groups (broad SMARTS) is 1. The molecule has 0 bridgehead atoms. The predicted molar refractivity (Wildman–Crippen MR) is 86.3 cm³/mol. The number of fused-ring (bicyclic) bond motifs is 1. The van der Waals surface area contributed by atoms with E-state index in [-0.39, 0.29) is 23.6 Å². The average molecular weight is 329 g/mol. The van der Waals surface area contributed by atoms with Crippen LogP contribution in [0.15, 0.2) is 41.9 Å². The highest BCUT2D eigenvalue weighted by Crippen LogP contribution is 2.47. The molecule has 6 nitrogen and oxygen atoms in total. The highest BCUT2D eigenvalue weighted by Gasteiger charge is 2.59. The molecule has 1 amide bonds. The Kier molecular flexibility index (Phi) is 4.01. The maximum Gasteiger partial charge on any atom is 0.352 e. The molecule has 0 radical (unpaired) electrons. The number of aromatic nitrogens is 1. The number of amides is 1. The second kappa shape index (κ2) is 5.87. The van der Waals surface area contributed by atoms with Crippen molar-refractivity contribution in [2.24, 2.45) is 18.9 Å². The van der Waals surface area contributed by atoms with Crippen LogP contribution >= 0.6 is 0 Å². The van der Waals surface area contributed by atoms with Crippen LogP contribution in [0, 0.1) is 11.8 Å². The van der Waals surface area contributed by atoms with Gasteiger partial charge >= 0.3 is 5.97 Å². The summed E-state index contributed by atoms with van der Waals surface area (Å²) in [6, 6.07) is 3.57. The van der Waals surface area contributed by atoms with Crippen LogP contribution in [0.25, 0.3) is 6.08 Å². The smallest absolute Gasteiger partial charge is 0.352 e. The molecular formula is C18H21N2O4+. The Labute approximate surface area is 140 Å². The summed E-state index contributed by atoms with van der Waals surface area (Å²) < 4.78 is 1.91. The number of aliphatic hydroxyl groups excluding tert-OH is 1. The Morgan fingerprint density at radius 1 is 1.33 bits per heavy atom. The van der Waals surface area contributed by atoms with Gasteiger partial charge in [-0.3, -0.25) is 4.79 Å². The van der Waals surface area contributed by atoms with E-state index in [4.69, 9.17) is 0 Å². The van der Waals surface area contributed by atoms with Crippen molar-refractivity contribution in [3.63, 3.8) is 0 Å². The summed E-state index contributed by atoms with van der Waals surface area (Å²) in [6.07, 6.45) is 6.65. The molecule has 3 heterocycles. The summed E-state index contributed by atoms with van der Waals surface area (Å²) >= 11 is 0. The van der Waals surface area contributed by atoms with Gasteiger partial charge in [0.2, 0.25) is 5.91 Å². The molecule has 0 unspecified atom stereocenters. The minimum atomic E-state index is -1.11. The second-order valence-electron chi connectivity index (χ2n) is 6.49. The molecule has 0 aliphatic carbocycles. The maximum atomic E-state index is 12.2. The van der Waals surface area contributed by atoms with Gasteiger partial charge in [0.25, 0.3) is 0 Å². The number of pyridine rings is 1. The van der Waals surface area contributed by atoms with Crippen LogP contribution in [0.4, 0.5) is 0 Å². The molecule has 3 rings (SSSR count). The SMILES string of the molecule is C[C@@H](O)[C@H]1C(=O)N2C(C(=O)O)=C(/C=C/c3cc[n+](C)cc3)[C@H](C)[C@H]12. The molecule has 126 valence electrons. The van der Waals surface area contributed by atoms with E-state index >= 15 is 0 Å². The molecule has 2 aliphatic rings. The Bertz CT molecular complexity index is 749. The minimum absolute atomic E-state index is 0.0344. The molecule has 1 aromatic heterocycles. The largest absolute Gasteiger partial charge is 0.477 e. The van der Waals surface area contributed by atoms with Crippen molar-refractivity contribution in [2.45, 2.75) is 26.0 Å². The number of carbonyl (C=O) groups is 2. The van der Waals surface area contributed by atoms with Crippen LogP contribution in [0.3, 0.4) is 0 Å². The fraction of sp³-hybridized carbons (Fsp3) is 0.389. The van der Waals surface area contributed by atoms with Gasteiger partial charge in [-0.25, -0.2) is 9.36 Å². The van der Waals surface area contributed by atoms with Crippen molar-refractivity contribution >= 4 is 18.0 Å². The zero-order valence-corrected chi connectivity index (χ0v) is 13.9. The van der Waals surface area contributed by atoms with Gasteiger partial charge in [-0.15, -0.1) is 0 Å². The van der Waals surface area contributed by atoms with Gasteiger partial charge in [0.15, 0.2) is 12.4 Å². The number of rotatable bonds is 4. The first kappa shape index (κ1) is 16.4. The topological polar surface area (TPSA) is 81.7 Å². The summed E-state index contributed by atoms with van der Waals surface area (Å²) in [6.45, 7) is 3.48. The Balaban J connectivity index is 1.95. The third-order valence-corrected chi connectivity index (χ3v) is 4.89. The summed E-state index contributed by atoms with van der Waals surface area (Å²) in [5.41, 5.74) is 1.61. The highest BCUT2D eigenvalue weighted by molar-refractivity contribution is 6.00. The van der Waals surface area contributed by atoms with Gasteiger partial charge in [-0.2, -0.15) is 0 Å². The lowest BCUT2D eigenvalue weighted by atomic mass is 9.77. The number of aliphatic carboxylic acids is 1. The quantitative estimate of drug-likeness (QED) is 0.630. The van der Waals surface area contributed by atoms with Crippen molar-refractivity contribution < 1.29 is 24.4 Å². The van der Waals surface area contributed by atoms with E-state index in [2.05, 4.69) is 0 Å². The van der Waals surface area contributed by atoms with E-state index in [9.17, 15) is 19.8 Å². The lowest BCUT2D eigenvalue weighted by Gasteiger charge is -2.46. The number of aryl methyl sites for hydroxylation is 1. The second-order valence-corrected chi connectivity index (χ2v) is 6.49. The van der Waals surface area contributed by atoms with E-state index in [1.807, 2.05) is 49.1 Å². The van der Waals surface area contributed by atoms with E-state index in [1.54, 1.807) is 13.0 Å². The standard InChI is InChI=1S/C18H20N2O4/c1-10-13(5-4-12-6-8-19(3)9-7-12)16(18(23)24)20-15(10)14(11(2)21)17(20)22/h4-11,14-15,21H,1-3H3/p+1/t10-,11+,14+,15+/m0/s1. The molecule has 0 aromatic carbocycles. The summed E-state index contributed by atoms with van der Waals surface area (Å²) in [4.78, 5) is 25.2. The Morgan fingerprint density at radius 2 is 1.96 bits per heavy atom. The molecular weight excluding hydrogens is 308 g/mol. The van der Waals surface area contributed by atoms with Crippen molar-refractivity contribution in [3.8, 4) is 0 Å². The molecule has 6 heteroatoms. The van der Waals surface area contributed by atoms with Crippen LogP contribution in [0.5, 0.6) is 0 Å². The molecule has 1 fully saturated rings. The van der Waals surface area contributed by atoms with Gasteiger partial charge < -0.3 is 15.1 Å². The van der Waals surface area contributed by atoms with Crippen LogP contribution < -0.4 is 4.57 Å². The van der Waals surface area contributed by atoms with Gasteiger partial charge in [0.05, 0.1) is 18.1 Å². The van der Waals surface area contributed by atoms with Crippen molar-refractivity contribution in [1.82, 2.24) is 4.90 Å². The molecule has 1 aromatic rings. The zero-order chi connectivity index (χ0) is 17.6. The molecule has 2 aliphatic heterocycles. The van der Waals surface area contributed by atoms with Crippen molar-refractivity contribution in [1.29, 1.82) is 0 Å². The van der Waals surface area contributed by atoms with E-state index in [1.165, 1.54) is 4.90 Å². The number of carbonyl (C=O) groups excluding carboxylic acids is 1. The zero-order valence-electron chi connectivity index (χ0n) is 13.9. The first-order valence-corrected chi connectivity index (χ1v) is 7.95. The Hall–Kier alpha value is -2.47. The lowest BCUT2D eigenvalue weighted by Crippen LogP contribution is -2.63. The van der Waals surface area contributed by atoms with Gasteiger partial charge in [0.1, 0.15) is 12.7 Å². The number of carboxylic acids is 1. The average Bonchev–Trinajstić information content (AvgIpc) is 2.76. The van der Waals surface area contributed by atoms with E-state index < -0.39 is 18.0 Å². The fourth-order valence-corrected chi connectivity index (χ4v) is 3.62. The van der Waals surface area contributed by atoms with Crippen LogP contribution in [-0.4, -0.2) is 39.1 Å². The molecule has 0 spiro atoms. The monoisotopic (exact) mass is 329 g/mol. The van der Waals surface area contributed by atoms with Crippen molar-refractivity contribution in [2.75, 3.05) is 0 Å². The molecule has 1 saturated heterocycles. The number of hydrogen-bond donors (Lipinski definition) is 2. The summed E-state index contributed by atoms with van der Waals surface area (Å²) in [5.74, 6) is -2.09. The molecule has 2 N–H and O–H groups in total. The van der Waals surface area contributed by atoms with Crippen molar-refractivity contribution in [3.05, 3.63) is 47.4 Å². The Morgan fingerprint density at radius 3 is 2.50 bits per heavy atom. The van der Waals surface area contributed by atoms with E-state index in [0.717, 1.165) is 5.56 Å². The highest BCUT2D eigenvalue weighted by atomic mass is 16.4. The number of hydrogen-bond acceptors (Lipinski definition) is 3. The maximum absolute atomic E-state index is 12.2. The normalized spacial score (nSPS) is 27.4. The van der Waals surface area contributed by atoms with Gasteiger partial charge in [-0.05, 0) is 18.1 Å². The van der Waals surface area contributed by atoms with Crippen LogP contribution in [0.2, 0.25) is 0 Å². The fourth-order valence-electron chi connectivity index (χ4n) is 3.62. The lowest BCUT2D eigenvalue weighted by molar-refractivity contribution is -0.671. The van der Waals surface area contributed by atoms with Crippen LogP contribution in [-0.2, 0) is 16.6 Å². The third-order valence-electron chi connectivity index (χ3n) is 4.89. The summed E-state index contributed by atoms with van der Waals surface area (Å²) in [5, 5.41) is 19.4.